The van der Waals surface area contributed by atoms with E-state index in [4.69, 9.17) is 0 Å². The van der Waals surface area contributed by atoms with E-state index in [0.717, 1.165) is 18.6 Å². The molecule has 0 aliphatic carbocycles. The largest absolute Gasteiger partial charge is 0.332 e. The maximum absolute atomic E-state index is 12.0. The molecule has 1 aromatic carbocycles. The highest BCUT2D eigenvalue weighted by molar-refractivity contribution is 8.00. The molecule has 0 aromatic heterocycles. The van der Waals surface area contributed by atoms with Crippen molar-refractivity contribution in [3.63, 3.8) is 0 Å². The summed E-state index contributed by atoms with van der Waals surface area (Å²) in [5, 5.41) is 19.8. The zero-order chi connectivity index (χ0) is 19.4. The summed E-state index contributed by atoms with van der Waals surface area (Å²) in [5.41, 5.74) is -0.0621. The number of aldehydes is 1. The lowest BCUT2D eigenvalue weighted by Gasteiger charge is -2.16. The Morgan fingerprint density at radius 2 is 2.19 bits per heavy atom. The van der Waals surface area contributed by atoms with E-state index in [1.165, 1.54) is 18.2 Å². The van der Waals surface area contributed by atoms with Gasteiger partial charge in [0.1, 0.15) is 0 Å². The summed E-state index contributed by atoms with van der Waals surface area (Å²) in [6, 6.07) is 4.23. The molecule has 2 aliphatic rings. The molecule has 3 amide bonds. The van der Waals surface area contributed by atoms with Crippen molar-refractivity contribution in [2.45, 2.75) is 43.0 Å². The summed E-state index contributed by atoms with van der Waals surface area (Å²) in [6.07, 6.45) is 3.18. The fourth-order valence-corrected chi connectivity index (χ4v) is 4.92. The van der Waals surface area contributed by atoms with Gasteiger partial charge in [-0.1, -0.05) is 6.42 Å². The van der Waals surface area contributed by atoms with Crippen molar-refractivity contribution in [2.75, 3.05) is 11.1 Å². The first kappa shape index (κ1) is 19.2. The van der Waals surface area contributed by atoms with Crippen LogP contribution in [-0.4, -0.2) is 46.2 Å². The lowest BCUT2D eigenvalue weighted by molar-refractivity contribution is -0.385. The van der Waals surface area contributed by atoms with Gasteiger partial charge in [-0.05, 0) is 25.0 Å². The van der Waals surface area contributed by atoms with Crippen LogP contribution in [0.25, 0.3) is 0 Å². The molecule has 0 radical (unpaired) electrons. The van der Waals surface area contributed by atoms with E-state index in [0.29, 0.717) is 30.1 Å². The average Bonchev–Trinajstić information content (AvgIpc) is 3.18. The fourth-order valence-electron chi connectivity index (χ4n) is 3.38. The second kappa shape index (κ2) is 8.38. The Labute approximate surface area is 159 Å². The van der Waals surface area contributed by atoms with Crippen LogP contribution in [0, 0.1) is 10.1 Å². The number of amides is 3. The van der Waals surface area contributed by atoms with Gasteiger partial charge in [0, 0.05) is 29.2 Å². The molecule has 9 nitrogen and oxygen atoms in total. The van der Waals surface area contributed by atoms with Crippen molar-refractivity contribution >= 4 is 41.4 Å². The number of carbonyl (C=O) groups excluding carboxylic acids is 3. The first-order valence-corrected chi connectivity index (χ1v) is 9.75. The number of nitrogens with zero attached hydrogens (tertiary/aromatic N) is 1. The van der Waals surface area contributed by atoms with Crippen LogP contribution in [0.2, 0.25) is 0 Å². The number of rotatable bonds is 8. The summed E-state index contributed by atoms with van der Waals surface area (Å²) in [4.78, 5) is 44.5. The number of benzene rings is 1. The average molecular weight is 392 g/mol. The van der Waals surface area contributed by atoms with Gasteiger partial charge in [-0.25, -0.2) is 4.79 Å². The third-order valence-corrected chi connectivity index (χ3v) is 6.23. The molecule has 1 aromatic rings. The SMILES string of the molecule is O=Cc1ccc(NC(=O)CCCCC2SCC3NC(=O)NC32)cc1[N+](=O)[O-]. The fraction of sp³-hybridized carbons (Fsp3) is 0.471. The molecule has 27 heavy (non-hydrogen) atoms. The number of thioether (sulfide) groups is 1. The molecule has 0 saturated carbocycles. The summed E-state index contributed by atoms with van der Waals surface area (Å²) < 4.78 is 0. The minimum Gasteiger partial charge on any atom is -0.332 e. The molecule has 2 fully saturated rings. The van der Waals surface area contributed by atoms with E-state index in [-0.39, 0.29) is 35.3 Å². The Kier molecular flexibility index (Phi) is 5.94. The molecule has 3 rings (SSSR count). The van der Waals surface area contributed by atoms with Crippen LogP contribution in [-0.2, 0) is 4.79 Å². The number of fused-ring (bicyclic) bond motifs is 1. The zero-order valence-corrected chi connectivity index (χ0v) is 15.3. The molecule has 2 heterocycles. The van der Waals surface area contributed by atoms with E-state index < -0.39 is 4.92 Å². The molecule has 3 unspecified atom stereocenters. The van der Waals surface area contributed by atoms with Crippen molar-refractivity contribution in [1.82, 2.24) is 10.6 Å². The quantitative estimate of drug-likeness (QED) is 0.204. The van der Waals surface area contributed by atoms with E-state index in [1.54, 1.807) is 0 Å². The highest BCUT2D eigenvalue weighted by Crippen LogP contribution is 2.33. The van der Waals surface area contributed by atoms with Crippen LogP contribution >= 0.6 is 11.8 Å². The van der Waals surface area contributed by atoms with Crippen LogP contribution in [0.1, 0.15) is 36.0 Å². The Morgan fingerprint density at radius 3 is 2.93 bits per heavy atom. The number of nitro benzene ring substituents is 1. The molecule has 0 spiro atoms. The highest BCUT2D eigenvalue weighted by Gasteiger charge is 2.42. The summed E-state index contributed by atoms with van der Waals surface area (Å²) in [6.45, 7) is 0. The van der Waals surface area contributed by atoms with Crippen molar-refractivity contribution in [2.24, 2.45) is 0 Å². The molecule has 2 aliphatic heterocycles. The lowest BCUT2D eigenvalue weighted by atomic mass is 10.0. The number of nitrogens with one attached hydrogen (secondary N) is 3. The molecule has 3 atom stereocenters. The summed E-state index contributed by atoms with van der Waals surface area (Å²) in [7, 11) is 0. The molecule has 2 saturated heterocycles. The topological polar surface area (TPSA) is 130 Å². The summed E-state index contributed by atoms with van der Waals surface area (Å²) in [5.74, 6) is 0.681. The number of nitro groups is 1. The highest BCUT2D eigenvalue weighted by atomic mass is 32.2. The van der Waals surface area contributed by atoms with Crippen LogP contribution in [0.4, 0.5) is 16.2 Å². The predicted molar refractivity (Wildman–Crippen MR) is 101 cm³/mol. The molecule has 144 valence electrons. The smallest absolute Gasteiger partial charge is 0.315 e. The number of urea groups is 1. The van der Waals surface area contributed by atoms with Crippen LogP contribution in [0.3, 0.4) is 0 Å². The van der Waals surface area contributed by atoms with E-state index in [1.807, 2.05) is 11.8 Å². The Balaban J connectivity index is 1.42. The maximum Gasteiger partial charge on any atom is 0.315 e. The number of hydrogen-bond acceptors (Lipinski definition) is 6. The first-order chi connectivity index (χ1) is 13.0. The second-order valence-electron chi connectivity index (χ2n) is 6.56. The standard InChI is InChI=1S/C17H20N4O5S/c22-8-10-5-6-11(7-13(10)21(25)26)18-15(23)4-2-1-3-14-16-12(9-27-14)19-17(24)20-16/h5-8,12,14,16H,1-4,9H2,(H,18,23)(H2,19,20,24). The van der Waals surface area contributed by atoms with Gasteiger partial charge >= 0.3 is 6.03 Å². The van der Waals surface area contributed by atoms with Gasteiger partial charge in [0.05, 0.1) is 22.6 Å². The zero-order valence-electron chi connectivity index (χ0n) is 14.5. The van der Waals surface area contributed by atoms with Crippen LogP contribution in [0.15, 0.2) is 18.2 Å². The minimum atomic E-state index is -0.650. The second-order valence-corrected chi connectivity index (χ2v) is 7.84. The Morgan fingerprint density at radius 1 is 1.37 bits per heavy atom. The van der Waals surface area contributed by atoms with Gasteiger partial charge in [0.25, 0.3) is 5.69 Å². The Hall–Kier alpha value is -2.62. The third kappa shape index (κ3) is 4.57. The van der Waals surface area contributed by atoms with Crippen LogP contribution in [0.5, 0.6) is 0 Å². The van der Waals surface area contributed by atoms with E-state index in [2.05, 4.69) is 16.0 Å². The molecular formula is C17H20N4O5S. The third-order valence-electron chi connectivity index (χ3n) is 4.72. The first-order valence-electron chi connectivity index (χ1n) is 8.70. The van der Waals surface area contributed by atoms with E-state index >= 15 is 0 Å². The molecule has 0 bridgehead atoms. The van der Waals surface area contributed by atoms with Gasteiger partial charge in [-0.15, -0.1) is 0 Å². The summed E-state index contributed by atoms with van der Waals surface area (Å²) >= 11 is 1.84. The van der Waals surface area contributed by atoms with Gasteiger partial charge in [0.2, 0.25) is 5.91 Å². The maximum atomic E-state index is 12.0. The Bertz CT molecular complexity index is 772. The minimum absolute atomic E-state index is 0.0288. The van der Waals surface area contributed by atoms with Crippen LogP contribution < -0.4 is 16.0 Å². The van der Waals surface area contributed by atoms with Crippen molar-refractivity contribution in [3.05, 3.63) is 33.9 Å². The molecule has 10 heteroatoms. The lowest BCUT2D eigenvalue weighted by Crippen LogP contribution is -2.36. The number of anilines is 1. The predicted octanol–water partition coefficient (Wildman–Crippen LogP) is 2.07. The van der Waals surface area contributed by atoms with Gasteiger partial charge < -0.3 is 16.0 Å². The monoisotopic (exact) mass is 392 g/mol. The molecule has 3 N–H and O–H groups in total. The van der Waals surface area contributed by atoms with Crippen molar-refractivity contribution < 1.29 is 19.3 Å². The molecular weight excluding hydrogens is 372 g/mol. The van der Waals surface area contributed by atoms with Crippen molar-refractivity contribution in [1.29, 1.82) is 0 Å². The van der Waals surface area contributed by atoms with Crippen molar-refractivity contribution in [3.8, 4) is 0 Å². The van der Waals surface area contributed by atoms with Gasteiger partial charge in [0.15, 0.2) is 6.29 Å². The van der Waals surface area contributed by atoms with Gasteiger partial charge in [-0.3, -0.25) is 19.7 Å². The van der Waals surface area contributed by atoms with Gasteiger partial charge in [-0.2, -0.15) is 11.8 Å². The van der Waals surface area contributed by atoms with E-state index in [9.17, 15) is 24.5 Å². The normalized spacial score (nSPS) is 23.3. The number of unbranched alkanes of at least 4 members (excludes halogenated alkanes) is 1. The number of hydrogen-bond donors (Lipinski definition) is 3. The number of carbonyl (C=O) groups is 3.